The van der Waals surface area contributed by atoms with E-state index in [1.54, 1.807) is 30.3 Å². The van der Waals surface area contributed by atoms with Crippen molar-refractivity contribution in [3.63, 3.8) is 0 Å². The van der Waals surface area contributed by atoms with Gasteiger partial charge in [-0.05, 0) is 36.8 Å². The molecule has 2 rings (SSSR count). The molecule has 0 atom stereocenters. The van der Waals surface area contributed by atoms with Crippen molar-refractivity contribution in [2.24, 2.45) is 0 Å². The molecule has 0 aliphatic carbocycles. The van der Waals surface area contributed by atoms with Crippen LogP contribution in [0.3, 0.4) is 0 Å². The molecule has 0 spiro atoms. The van der Waals surface area contributed by atoms with Crippen LogP contribution in [0.5, 0.6) is 5.75 Å². The van der Waals surface area contributed by atoms with Gasteiger partial charge in [0.25, 0.3) is 5.91 Å². The summed E-state index contributed by atoms with van der Waals surface area (Å²) < 4.78 is 28.7. The molecule has 0 bridgehead atoms. The Morgan fingerprint density at radius 1 is 1.20 bits per heavy atom. The minimum Gasteiger partial charge on any atom is -0.493 e. The summed E-state index contributed by atoms with van der Waals surface area (Å²) in [5, 5.41) is 11.2. The molecular weight excluding hydrogens is 340 g/mol. The second kappa shape index (κ2) is 8.31. The zero-order valence-corrected chi connectivity index (χ0v) is 14.5. The number of ether oxygens (including phenoxy) is 1. The molecule has 1 amide bonds. The number of unbranched alkanes of at least 4 members (excludes halogenated alkanes) is 1. The topological polar surface area (TPSA) is 96.3 Å². The number of benzene rings is 2. The number of nitrogens with zero attached hydrogens (tertiary/aromatic N) is 1. The van der Waals surface area contributed by atoms with Crippen molar-refractivity contribution in [3.05, 3.63) is 54.1 Å². The van der Waals surface area contributed by atoms with Gasteiger partial charge in [-0.25, -0.2) is 8.42 Å². The zero-order valence-electron chi connectivity index (χ0n) is 13.7. The quantitative estimate of drug-likeness (QED) is 0.768. The van der Waals surface area contributed by atoms with Gasteiger partial charge in [0.05, 0.1) is 17.6 Å². The van der Waals surface area contributed by atoms with Crippen molar-refractivity contribution in [2.75, 3.05) is 18.2 Å². The number of carbonyl (C=O) groups is 1. The number of nitrogens with one attached hydrogen (secondary N) is 1. The van der Waals surface area contributed by atoms with E-state index in [9.17, 15) is 13.2 Å². The molecule has 0 fully saturated rings. The molecule has 0 radical (unpaired) electrons. The first kappa shape index (κ1) is 18.5. The fourth-order valence-electron chi connectivity index (χ4n) is 2.08. The molecule has 2 aromatic rings. The lowest BCUT2D eigenvalue weighted by Crippen LogP contribution is -2.12. The standard InChI is InChI=1S/C18H18N2O4S/c1-25(22,23)17-9-4-6-14(12-17)18(21)20-15-7-5-8-16(13-15)24-11-3-2-10-19/h4-9,12-13H,2-3,11H2,1H3,(H,20,21). The monoisotopic (exact) mass is 358 g/mol. The first-order valence-corrected chi connectivity index (χ1v) is 9.50. The molecular formula is C18H18N2O4S. The van der Waals surface area contributed by atoms with Crippen LogP contribution in [0.4, 0.5) is 5.69 Å². The van der Waals surface area contributed by atoms with Gasteiger partial charge in [0.15, 0.2) is 9.84 Å². The van der Waals surface area contributed by atoms with E-state index in [4.69, 9.17) is 10.00 Å². The minimum absolute atomic E-state index is 0.0923. The predicted octanol–water partition coefficient (Wildman–Crippen LogP) is 3.02. The highest BCUT2D eigenvalue weighted by Crippen LogP contribution is 2.19. The molecule has 0 unspecified atom stereocenters. The fraction of sp³-hybridized carbons (Fsp3) is 0.222. The molecule has 25 heavy (non-hydrogen) atoms. The Kier molecular flexibility index (Phi) is 6.14. The summed E-state index contributed by atoms with van der Waals surface area (Å²) in [4.78, 5) is 12.4. The second-order valence-corrected chi connectivity index (χ2v) is 7.41. The van der Waals surface area contributed by atoms with Gasteiger partial charge < -0.3 is 10.1 Å². The smallest absolute Gasteiger partial charge is 0.255 e. The number of rotatable bonds is 7. The number of amides is 1. The summed E-state index contributed by atoms with van der Waals surface area (Å²) >= 11 is 0. The highest BCUT2D eigenvalue weighted by atomic mass is 32.2. The Balaban J connectivity index is 2.07. The van der Waals surface area contributed by atoms with Crippen LogP contribution in [-0.2, 0) is 9.84 Å². The maximum atomic E-state index is 12.3. The lowest BCUT2D eigenvalue weighted by molar-refractivity contribution is 0.102. The number of anilines is 1. The number of hydrogen-bond donors (Lipinski definition) is 1. The molecule has 0 heterocycles. The van der Waals surface area contributed by atoms with Crippen molar-refractivity contribution in [1.29, 1.82) is 5.26 Å². The van der Waals surface area contributed by atoms with Crippen molar-refractivity contribution in [2.45, 2.75) is 17.7 Å². The van der Waals surface area contributed by atoms with Gasteiger partial charge in [-0.2, -0.15) is 5.26 Å². The van der Waals surface area contributed by atoms with Gasteiger partial charge in [0.1, 0.15) is 5.75 Å². The normalized spacial score (nSPS) is 10.7. The van der Waals surface area contributed by atoms with E-state index in [2.05, 4.69) is 5.32 Å². The molecule has 0 saturated heterocycles. The first-order valence-electron chi connectivity index (χ1n) is 7.61. The van der Waals surface area contributed by atoms with Crippen LogP contribution in [0.25, 0.3) is 0 Å². The molecule has 0 aliphatic heterocycles. The Hall–Kier alpha value is -2.85. The van der Waals surface area contributed by atoms with Crippen LogP contribution >= 0.6 is 0 Å². The van der Waals surface area contributed by atoms with E-state index in [1.807, 2.05) is 6.07 Å². The molecule has 1 N–H and O–H groups in total. The van der Waals surface area contributed by atoms with Crippen LogP contribution in [-0.4, -0.2) is 27.2 Å². The van der Waals surface area contributed by atoms with Crippen molar-refractivity contribution in [3.8, 4) is 11.8 Å². The summed E-state index contributed by atoms with van der Waals surface area (Å²) in [5.74, 6) is 0.174. The second-order valence-electron chi connectivity index (χ2n) is 5.39. The molecule has 0 aliphatic rings. The molecule has 6 nitrogen and oxygen atoms in total. The number of carbonyl (C=O) groups excluding carboxylic acids is 1. The van der Waals surface area contributed by atoms with E-state index in [0.717, 1.165) is 6.26 Å². The lowest BCUT2D eigenvalue weighted by atomic mass is 10.2. The number of sulfone groups is 1. The molecule has 130 valence electrons. The van der Waals surface area contributed by atoms with E-state index in [-0.39, 0.29) is 10.5 Å². The van der Waals surface area contributed by atoms with E-state index in [0.29, 0.717) is 30.9 Å². The SMILES string of the molecule is CS(=O)(=O)c1cccc(C(=O)Nc2cccc(OCCCC#N)c2)c1. The van der Waals surface area contributed by atoms with Crippen LogP contribution in [0.2, 0.25) is 0 Å². The average molecular weight is 358 g/mol. The van der Waals surface area contributed by atoms with Gasteiger partial charge in [0, 0.05) is 30.0 Å². The highest BCUT2D eigenvalue weighted by Gasteiger charge is 2.12. The maximum absolute atomic E-state index is 12.3. The molecule has 7 heteroatoms. The Bertz CT molecular complexity index is 901. The third kappa shape index (κ3) is 5.62. The van der Waals surface area contributed by atoms with E-state index in [1.165, 1.54) is 18.2 Å². The largest absolute Gasteiger partial charge is 0.493 e. The molecule has 2 aromatic carbocycles. The third-order valence-electron chi connectivity index (χ3n) is 3.32. The summed E-state index contributed by atoms with van der Waals surface area (Å²) in [6, 6.07) is 14.8. The Labute approximate surface area is 147 Å². The average Bonchev–Trinajstić information content (AvgIpc) is 2.58. The molecule has 0 saturated carbocycles. The third-order valence-corrected chi connectivity index (χ3v) is 4.43. The zero-order chi connectivity index (χ0) is 18.3. The Morgan fingerprint density at radius 3 is 2.68 bits per heavy atom. The van der Waals surface area contributed by atoms with Gasteiger partial charge in [-0.3, -0.25) is 4.79 Å². The van der Waals surface area contributed by atoms with Crippen LogP contribution < -0.4 is 10.1 Å². The van der Waals surface area contributed by atoms with Crippen LogP contribution in [0.15, 0.2) is 53.4 Å². The summed E-state index contributed by atoms with van der Waals surface area (Å²) in [7, 11) is -3.38. The van der Waals surface area contributed by atoms with Crippen molar-refractivity contribution >= 4 is 21.4 Å². The maximum Gasteiger partial charge on any atom is 0.255 e. The van der Waals surface area contributed by atoms with E-state index >= 15 is 0 Å². The fourth-order valence-corrected chi connectivity index (χ4v) is 2.74. The van der Waals surface area contributed by atoms with Gasteiger partial charge in [-0.1, -0.05) is 12.1 Å². The van der Waals surface area contributed by atoms with Gasteiger partial charge >= 0.3 is 0 Å². The number of hydrogen-bond acceptors (Lipinski definition) is 5. The van der Waals surface area contributed by atoms with Crippen LogP contribution in [0.1, 0.15) is 23.2 Å². The van der Waals surface area contributed by atoms with Gasteiger partial charge in [-0.15, -0.1) is 0 Å². The van der Waals surface area contributed by atoms with E-state index < -0.39 is 15.7 Å². The minimum atomic E-state index is -3.38. The first-order chi connectivity index (χ1) is 11.9. The summed E-state index contributed by atoms with van der Waals surface area (Å²) in [5.41, 5.74) is 0.788. The van der Waals surface area contributed by atoms with Crippen LogP contribution in [0, 0.1) is 11.3 Å². The Morgan fingerprint density at radius 2 is 1.96 bits per heavy atom. The number of nitriles is 1. The lowest BCUT2D eigenvalue weighted by Gasteiger charge is -2.09. The predicted molar refractivity (Wildman–Crippen MR) is 94.3 cm³/mol. The summed E-state index contributed by atoms with van der Waals surface area (Å²) in [6.07, 6.45) is 2.15. The molecule has 0 aromatic heterocycles. The highest BCUT2D eigenvalue weighted by molar-refractivity contribution is 7.90. The van der Waals surface area contributed by atoms with Gasteiger partial charge in [0.2, 0.25) is 0 Å². The van der Waals surface area contributed by atoms with Crippen molar-refractivity contribution < 1.29 is 17.9 Å². The van der Waals surface area contributed by atoms with Crippen molar-refractivity contribution in [1.82, 2.24) is 0 Å². The summed E-state index contributed by atoms with van der Waals surface area (Å²) in [6.45, 7) is 0.418.